The maximum atomic E-state index is 12.6. The lowest BCUT2D eigenvalue weighted by atomic mass is 10.0. The van der Waals surface area contributed by atoms with Crippen molar-refractivity contribution in [2.75, 3.05) is 18.5 Å². The molecule has 0 bridgehead atoms. The number of benzene rings is 1. The summed E-state index contributed by atoms with van der Waals surface area (Å²) in [5.74, 6) is 5.45. The molecule has 20 heavy (non-hydrogen) atoms. The molecule has 110 valence electrons. The number of hydrazine groups is 1. The van der Waals surface area contributed by atoms with Crippen molar-refractivity contribution >= 4 is 11.6 Å². The Hall–Kier alpha value is -1.59. The summed E-state index contributed by atoms with van der Waals surface area (Å²) in [6.45, 7) is 9.17. The van der Waals surface area contributed by atoms with E-state index in [4.69, 9.17) is 10.6 Å². The van der Waals surface area contributed by atoms with Gasteiger partial charge in [-0.25, -0.2) is 0 Å². The summed E-state index contributed by atoms with van der Waals surface area (Å²) >= 11 is 0. The number of nitrogens with one attached hydrogen (secondary N) is 1. The zero-order valence-electron chi connectivity index (χ0n) is 12.6. The molecule has 0 radical (unpaired) electrons. The van der Waals surface area contributed by atoms with E-state index >= 15 is 0 Å². The van der Waals surface area contributed by atoms with Crippen molar-refractivity contribution in [3.05, 3.63) is 29.3 Å². The average molecular weight is 277 g/mol. The summed E-state index contributed by atoms with van der Waals surface area (Å²) in [6.07, 6.45) is 0.0498. The number of rotatable bonds is 2. The number of nitrogens with two attached hydrogens (primary N) is 1. The van der Waals surface area contributed by atoms with Crippen molar-refractivity contribution in [3.8, 4) is 0 Å². The SMILES string of the molecule is Cc1cc(C(=O)N2CC(C)OC(C)(C)C2)ccc1NN. The Balaban J connectivity index is 2.20. The third-order valence-electron chi connectivity index (χ3n) is 3.49. The van der Waals surface area contributed by atoms with Crippen LogP contribution in [0.3, 0.4) is 0 Å². The van der Waals surface area contributed by atoms with Crippen LogP contribution >= 0.6 is 0 Å². The Kier molecular flexibility index (Phi) is 4.01. The fraction of sp³-hybridized carbons (Fsp3) is 0.533. The Morgan fingerprint density at radius 3 is 2.75 bits per heavy atom. The van der Waals surface area contributed by atoms with E-state index in [2.05, 4.69) is 5.43 Å². The van der Waals surface area contributed by atoms with E-state index in [1.165, 1.54) is 0 Å². The largest absolute Gasteiger partial charge is 0.369 e. The number of ether oxygens (including phenoxy) is 1. The molecule has 1 saturated heterocycles. The number of hydrogen-bond acceptors (Lipinski definition) is 4. The van der Waals surface area contributed by atoms with E-state index in [-0.39, 0.29) is 17.6 Å². The molecule has 1 aromatic rings. The summed E-state index contributed by atoms with van der Waals surface area (Å²) in [7, 11) is 0. The minimum absolute atomic E-state index is 0.0416. The second-order valence-corrected chi connectivity index (χ2v) is 6.05. The van der Waals surface area contributed by atoms with Crippen molar-refractivity contribution < 1.29 is 9.53 Å². The van der Waals surface area contributed by atoms with E-state index in [0.29, 0.717) is 18.7 Å². The molecule has 0 spiro atoms. The van der Waals surface area contributed by atoms with E-state index in [1.807, 2.05) is 44.7 Å². The Morgan fingerprint density at radius 1 is 1.50 bits per heavy atom. The molecule has 1 amide bonds. The first-order valence-electron chi connectivity index (χ1n) is 6.87. The number of amides is 1. The van der Waals surface area contributed by atoms with Gasteiger partial charge in [-0.15, -0.1) is 0 Å². The van der Waals surface area contributed by atoms with Crippen LogP contribution in [-0.2, 0) is 4.74 Å². The minimum atomic E-state index is -0.304. The maximum absolute atomic E-state index is 12.6. The Morgan fingerprint density at radius 2 is 2.20 bits per heavy atom. The normalized spacial score (nSPS) is 21.6. The predicted octanol–water partition coefficient (Wildman–Crippen LogP) is 1.92. The molecule has 0 aromatic heterocycles. The van der Waals surface area contributed by atoms with Gasteiger partial charge >= 0.3 is 0 Å². The second kappa shape index (κ2) is 5.42. The van der Waals surface area contributed by atoms with Gasteiger partial charge in [0.15, 0.2) is 0 Å². The number of aryl methyl sites for hydroxylation is 1. The highest BCUT2D eigenvalue weighted by atomic mass is 16.5. The van der Waals surface area contributed by atoms with Crippen molar-refractivity contribution in [2.24, 2.45) is 5.84 Å². The van der Waals surface area contributed by atoms with Gasteiger partial charge in [-0.1, -0.05) is 0 Å². The van der Waals surface area contributed by atoms with E-state index in [9.17, 15) is 4.79 Å². The van der Waals surface area contributed by atoms with Gasteiger partial charge in [-0.05, 0) is 51.5 Å². The first-order valence-corrected chi connectivity index (χ1v) is 6.87. The molecule has 1 heterocycles. The van der Waals surface area contributed by atoms with Gasteiger partial charge in [-0.2, -0.15) is 0 Å². The number of morpholine rings is 1. The first-order chi connectivity index (χ1) is 9.32. The van der Waals surface area contributed by atoms with Gasteiger partial charge in [0, 0.05) is 18.7 Å². The lowest BCUT2D eigenvalue weighted by molar-refractivity contribution is -0.118. The fourth-order valence-electron chi connectivity index (χ4n) is 2.75. The minimum Gasteiger partial charge on any atom is -0.369 e. The van der Waals surface area contributed by atoms with Crippen molar-refractivity contribution in [2.45, 2.75) is 39.4 Å². The molecule has 5 heteroatoms. The van der Waals surface area contributed by atoms with Crippen LogP contribution in [0.1, 0.15) is 36.7 Å². The standard InChI is InChI=1S/C15H23N3O2/c1-10-7-12(5-6-13(10)17-16)14(19)18-8-11(2)20-15(3,4)9-18/h5-7,11,17H,8-9,16H2,1-4H3. The summed E-state index contributed by atoms with van der Waals surface area (Å²) < 4.78 is 5.83. The van der Waals surface area contributed by atoms with Crippen molar-refractivity contribution in [1.29, 1.82) is 0 Å². The number of carbonyl (C=O) groups excluding carboxylic acids is 1. The highest BCUT2D eigenvalue weighted by Crippen LogP contribution is 2.23. The van der Waals surface area contributed by atoms with E-state index < -0.39 is 0 Å². The molecule has 1 aliphatic rings. The molecule has 0 saturated carbocycles. The predicted molar refractivity (Wildman–Crippen MR) is 79.5 cm³/mol. The third kappa shape index (κ3) is 3.11. The molecule has 1 unspecified atom stereocenters. The lowest BCUT2D eigenvalue weighted by Crippen LogP contribution is -2.53. The van der Waals surface area contributed by atoms with Gasteiger partial charge in [-0.3, -0.25) is 10.6 Å². The van der Waals surface area contributed by atoms with Gasteiger partial charge in [0.1, 0.15) is 0 Å². The van der Waals surface area contributed by atoms with Crippen LogP contribution in [-0.4, -0.2) is 35.6 Å². The van der Waals surface area contributed by atoms with Crippen LogP contribution in [0.5, 0.6) is 0 Å². The highest BCUT2D eigenvalue weighted by Gasteiger charge is 2.34. The summed E-state index contributed by atoms with van der Waals surface area (Å²) in [4.78, 5) is 14.5. The van der Waals surface area contributed by atoms with Crippen molar-refractivity contribution in [1.82, 2.24) is 4.90 Å². The molecular formula is C15H23N3O2. The third-order valence-corrected chi connectivity index (χ3v) is 3.49. The molecule has 5 nitrogen and oxygen atoms in total. The molecular weight excluding hydrogens is 254 g/mol. The number of carbonyl (C=O) groups is 1. The Bertz CT molecular complexity index is 514. The topological polar surface area (TPSA) is 67.6 Å². The van der Waals surface area contributed by atoms with Crippen LogP contribution in [0.4, 0.5) is 5.69 Å². The molecule has 2 rings (SSSR count). The fourth-order valence-corrected chi connectivity index (χ4v) is 2.75. The van der Waals surface area contributed by atoms with Crippen LogP contribution in [0.2, 0.25) is 0 Å². The Labute approximate surface area is 120 Å². The zero-order chi connectivity index (χ0) is 14.9. The van der Waals surface area contributed by atoms with Gasteiger partial charge in [0.25, 0.3) is 5.91 Å². The first kappa shape index (κ1) is 14.8. The van der Waals surface area contributed by atoms with Gasteiger partial charge in [0.2, 0.25) is 0 Å². The summed E-state index contributed by atoms with van der Waals surface area (Å²) in [5.41, 5.74) is 4.79. The maximum Gasteiger partial charge on any atom is 0.254 e. The molecule has 1 atom stereocenters. The highest BCUT2D eigenvalue weighted by molar-refractivity contribution is 5.95. The monoisotopic (exact) mass is 277 g/mol. The van der Waals surface area contributed by atoms with Crippen LogP contribution in [0.15, 0.2) is 18.2 Å². The average Bonchev–Trinajstić information content (AvgIpc) is 2.35. The van der Waals surface area contributed by atoms with Crippen LogP contribution in [0.25, 0.3) is 0 Å². The quantitative estimate of drug-likeness (QED) is 0.640. The smallest absolute Gasteiger partial charge is 0.254 e. The number of hydrogen-bond donors (Lipinski definition) is 2. The molecule has 1 fully saturated rings. The number of anilines is 1. The van der Waals surface area contributed by atoms with Crippen LogP contribution < -0.4 is 11.3 Å². The number of nitrogen functional groups attached to an aromatic ring is 1. The molecule has 1 aliphatic heterocycles. The van der Waals surface area contributed by atoms with Crippen LogP contribution in [0, 0.1) is 6.92 Å². The molecule has 1 aromatic carbocycles. The van der Waals surface area contributed by atoms with Gasteiger partial charge < -0.3 is 15.1 Å². The lowest BCUT2D eigenvalue weighted by Gasteiger charge is -2.41. The summed E-state index contributed by atoms with van der Waals surface area (Å²) in [6, 6.07) is 5.50. The zero-order valence-corrected chi connectivity index (χ0v) is 12.6. The molecule has 3 N–H and O–H groups in total. The second-order valence-electron chi connectivity index (χ2n) is 6.05. The van der Waals surface area contributed by atoms with E-state index in [0.717, 1.165) is 11.3 Å². The van der Waals surface area contributed by atoms with E-state index in [1.54, 1.807) is 6.07 Å². The van der Waals surface area contributed by atoms with Gasteiger partial charge in [0.05, 0.1) is 17.4 Å². The summed E-state index contributed by atoms with van der Waals surface area (Å²) in [5, 5.41) is 0. The number of nitrogens with zero attached hydrogens (tertiary/aromatic N) is 1. The van der Waals surface area contributed by atoms with Crippen molar-refractivity contribution in [3.63, 3.8) is 0 Å². The molecule has 0 aliphatic carbocycles.